The number of likely N-dealkylation sites (tertiary alicyclic amines) is 1. The first kappa shape index (κ1) is 21.3. The summed E-state index contributed by atoms with van der Waals surface area (Å²) in [6.07, 6.45) is 6.83. The van der Waals surface area contributed by atoms with Gasteiger partial charge in [-0.15, -0.1) is 6.58 Å². The van der Waals surface area contributed by atoms with Crippen molar-refractivity contribution in [2.45, 2.75) is 31.8 Å². The van der Waals surface area contributed by atoms with E-state index >= 15 is 0 Å². The molecule has 1 saturated heterocycles. The lowest BCUT2D eigenvalue weighted by Crippen LogP contribution is -2.40. The number of aromatic amines is 1. The van der Waals surface area contributed by atoms with Crippen molar-refractivity contribution in [3.8, 4) is 0 Å². The second-order valence-electron chi connectivity index (χ2n) is 7.73. The van der Waals surface area contributed by atoms with Crippen LogP contribution in [0.15, 0.2) is 58.5 Å². The van der Waals surface area contributed by atoms with E-state index in [1.807, 2.05) is 12.1 Å². The van der Waals surface area contributed by atoms with E-state index in [2.05, 4.69) is 21.8 Å². The molecule has 8 heteroatoms. The highest BCUT2D eigenvalue weighted by atomic mass is 32.1. The van der Waals surface area contributed by atoms with Crippen LogP contribution in [0.2, 0.25) is 0 Å². The first-order valence-corrected chi connectivity index (χ1v) is 10.9. The molecular formula is C23H26N4O3S. The minimum Gasteiger partial charge on any atom is -0.468 e. The Hall–Kier alpha value is -2.97. The minimum absolute atomic E-state index is 0.00313. The van der Waals surface area contributed by atoms with Gasteiger partial charge in [-0.3, -0.25) is 19.1 Å². The summed E-state index contributed by atoms with van der Waals surface area (Å²) in [5.41, 5.74) is 0.811. The highest BCUT2D eigenvalue weighted by Gasteiger charge is 2.25. The second kappa shape index (κ2) is 9.45. The molecule has 1 fully saturated rings. The average molecular weight is 439 g/mol. The van der Waals surface area contributed by atoms with Crippen molar-refractivity contribution in [1.29, 1.82) is 0 Å². The number of aromatic nitrogens is 2. The van der Waals surface area contributed by atoms with Crippen LogP contribution in [0.1, 0.15) is 41.4 Å². The standard InChI is InChI=1S/C23H26N4O3S/c1-2-10-27-22(29)17-9-8-16(14-18(17)25-23(27)31)21(28)24-15-19(20-7-6-13-30-20)26-11-4-3-5-12-26/h2,6-9,13-14,19H,1,3-5,10-12,15H2,(H,24,28)(H,25,31). The molecule has 1 aliphatic heterocycles. The Morgan fingerprint density at radius 2 is 2.10 bits per heavy atom. The average Bonchev–Trinajstić information content (AvgIpc) is 3.31. The molecule has 0 spiro atoms. The van der Waals surface area contributed by atoms with Crippen molar-refractivity contribution in [3.63, 3.8) is 0 Å². The second-order valence-corrected chi connectivity index (χ2v) is 8.12. The molecule has 3 heterocycles. The van der Waals surface area contributed by atoms with Crippen LogP contribution >= 0.6 is 12.2 Å². The normalized spacial score (nSPS) is 15.6. The van der Waals surface area contributed by atoms with Crippen molar-refractivity contribution in [1.82, 2.24) is 19.8 Å². The smallest absolute Gasteiger partial charge is 0.262 e. The zero-order valence-corrected chi connectivity index (χ0v) is 18.1. The van der Waals surface area contributed by atoms with E-state index < -0.39 is 0 Å². The minimum atomic E-state index is -0.204. The lowest BCUT2D eigenvalue weighted by molar-refractivity contribution is 0.0914. The topological polar surface area (TPSA) is 83.3 Å². The Morgan fingerprint density at radius 1 is 1.29 bits per heavy atom. The number of furan rings is 1. The van der Waals surface area contributed by atoms with Crippen molar-refractivity contribution in [2.75, 3.05) is 19.6 Å². The van der Waals surface area contributed by atoms with Gasteiger partial charge in [0.15, 0.2) is 4.77 Å². The number of amides is 1. The number of hydrogen-bond acceptors (Lipinski definition) is 5. The third kappa shape index (κ3) is 4.55. The number of nitrogens with one attached hydrogen (secondary N) is 2. The van der Waals surface area contributed by atoms with Gasteiger partial charge in [0.05, 0.1) is 23.2 Å². The summed E-state index contributed by atoms with van der Waals surface area (Å²) >= 11 is 5.29. The number of nitrogens with zero attached hydrogens (tertiary/aromatic N) is 2. The summed E-state index contributed by atoms with van der Waals surface area (Å²) in [5, 5.41) is 3.51. The number of hydrogen-bond donors (Lipinski definition) is 2. The van der Waals surface area contributed by atoms with Gasteiger partial charge in [-0.05, 0) is 68.5 Å². The van der Waals surface area contributed by atoms with Crippen LogP contribution in [0.4, 0.5) is 0 Å². The fourth-order valence-electron chi connectivity index (χ4n) is 4.10. The molecule has 1 amide bonds. The number of H-pyrrole nitrogens is 1. The first-order chi connectivity index (χ1) is 15.1. The molecule has 2 N–H and O–H groups in total. The molecule has 3 aromatic rings. The number of carbonyl (C=O) groups is 1. The van der Waals surface area contributed by atoms with Crippen molar-refractivity contribution in [2.24, 2.45) is 0 Å². The largest absolute Gasteiger partial charge is 0.468 e. The van der Waals surface area contributed by atoms with Crippen LogP contribution in [0.3, 0.4) is 0 Å². The van der Waals surface area contributed by atoms with Crippen LogP contribution in [0.25, 0.3) is 10.9 Å². The zero-order chi connectivity index (χ0) is 21.8. The van der Waals surface area contributed by atoms with Gasteiger partial charge in [0.1, 0.15) is 5.76 Å². The molecule has 1 atom stereocenters. The van der Waals surface area contributed by atoms with Gasteiger partial charge < -0.3 is 14.7 Å². The molecule has 0 aliphatic carbocycles. The predicted octanol–water partition coefficient (Wildman–Crippen LogP) is 3.80. The highest BCUT2D eigenvalue weighted by Crippen LogP contribution is 2.24. The maximum absolute atomic E-state index is 12.9. The summed E-state index contributed by atoms with van der Waals surface area (Å²) in [7, 11) is 0. The Labute approximate surface area is 185 Å². The Balaban J connectivity index is 1.54. The van der Waals surface area contributed by atoms with Gasteiger partial charge in [0.2, 0.25) is 0 Å². The Bertz CT molecular complexity index is 1190. The van der Waals surface area contributed by atoms with E-state index in [-0.39, 0.29) is 17.5 Å². The third-order valence-electron chi connectivity index (χ3n) is 5.71. The summed E-state index contributed by atoms with van der Waals surface area (Å²) < 4.78 is 7.39. The van der Waals surface area contributed by atoms with Gasteiger partial charge in [0, 0.05) is 18.7 Å². The number of fused-ring (bicyclic) bond motifs is 1. The van der Waals surface area contributed by atoms with Crippen LogP contribution < -0.4 is 10.9 Å². The van der Waals surface area contributed by atoms with Crippen LogP contribution in [0, 0.1) is 4.77 Å². The predicted molar refractivity (Wildman–Crippen MR) is 123 cm³/mol. The maximum atomic E-state index is 12.9. The molecule has 1 aromatic carbocycles. The molecule has 1 unspecified atom stereocenters. The first-order valence-electron chi connectivity index (χ1n) is 10.5. The van der Waals surface area contributed by atoms with Crippen LogP contribution in [-0.4, -0.2) is 40.0 Å². The number of carbonyl (C=O) groups excluding carboxylic acids is 1. The number of piperidine rings is 1. The molecule has 162 valence electrons. The van der Waals surface area contributed by atoms with E-state index in [0.29, 0.717) is 34.3 Å². The number of benzene rings is 1. The van der Waals surface area contributed by atoms with Gasteiger partial charge in [-0.1, -0.05) is 12.5 Å². The third-order valence-corrected chi connectivity index (χ3v) is 6.04. The molecule has 7 nitrogen and oxygen atoms in total. The quantitative estimate of drug-likeness (QED) is 0.433. The summed E-state index contributed by atoms with van der Waals surface area (Å²) in [6.45, 7) is 6.42. The summed E-state index contributed by atoms with van der Waals surface area (Å²) in [4.78, 5) is 30.9. The van der Waals surface area contributed by atoms with E-state index in [9.17, 15) is 9.59 Å². The van der Waals surface area contributed by atoms with Gasteiger partial charge >= 0.3 is 0 Å². The van der Waals surface area contributed by atoms with E-state index in [1.165, 1.54) is 11.0 Å². The molecule has 4 rings (SSSR count). The van der Waals surface area contributed by atoms with Gasteiger partial charge in [0.25, 0.3) is 11.5 Å². The molecule has 2 aromatic heterocycles. The molecule has 0 bridgehead atoms. The van der Waals surface area contributed by atoms with E-state index in [4.69, 9.17) is 16.6 Å². The molecule has 31 heavy (non-hydrogen) atoms. The van der Waals surface area contributed by atoms with Gasteiger partial charge in [-0.25, -0.2) is 0 Å². The van der Waals surface area contributed by atoms with E-state index in [1.54, 1.807) is 30.5 Å². The SMILES string of the molecule is C=CCn1c(=S)[nH]c2cc(C(=O)NCC(c3ccco3)N3CCCCC3)ccc2c1=O. The van der Waals surface area contributed by atoms with Crippen molar-refractivity contribution in [3.05, 3.63) is 75.7 Å². The van der Waals surface area contributed by atoms with Crippen LogP contribution in [0.5, 0.6) is 0 Å². The Kier molecular flexibility index (Phi) is 6.48. The summed E-state index contributed by atoms with van der Waals surface area (Å²) in [6, 6.07) is 8.82. The lowest BCUT2D eigenvalue weighted by atomic mass is 10.1. The fraction of sp³-hybridized carbons (Fsp3) is 0.348. The van der Waals surface area contributed by atoms with E-state index in [0.717, 1.165) is 31.7 Å². The zero-order valence-electron chi connectivity index (χ0n) is 17.3. The van der Waals surface area contributed by atoms with Crippen molar-refractivity contribution >= 4 is 29.0 Å². The van der Waals surface area contributed by atoms with Gasteiger partial charge in [-0.2, -0.15) is 0 Å². The molecule has 1 aliphatic rings. The Morgan fingerprint density at radius 3 is 2.81 bits per heavy atom. The lowest BCUT2D eigenvalue weighted by Gasteiger charge is -2.33. The van der Waals surface area contributed by atoms with Crippen LogP contribution in [-0.2, 0) is 6.54 Å². The number of allylic oxidation sites excluding steroid dienone is 1. The molecule has 0 saturated carbocycles. The molecular weight excluding hydrogens is 412 g/mol. The maximum Gasteiger partial charge on any atom is 0.262 e. The summed E-state index contributed by atoms with van der Waals surface area (Å²) in [5.74, 6) is 0.651. The highest BCUT2D eigenvalue weighted by molar-refractivity contribution is 7.71. The fourth-order valence-corrected chi connectivity index (χ4v) is 4.37. The number of rotatable bonds is 7. The van der Waals surface area contributed by atoms with Crippen molar-refractivity contribution < 1.29 is 9.21 Å². The monoisotopic (exact) mass is 438 g/mol. The molecule has 0 radical (unpaired) electrons.